The minimum atomic E-state index is -1.04. The maximum Gasteiger partial charge on any atom is 0.262 e. The predicted octanol–water partition coefficient (Wildman–Crippen LogP) is 6.90. The van der Waals surface area contributed by atoms with Crippen LogP contribution < -0.4 is 0 Å². The molecule has 15 heavy (non-hydrogen) atoms. The maximum atomic E-state index is 2.95. The molecule has 0 nitrogen and oxygen atoms in total. The van der Waals surface area contributed by atoms with Crippen molar-refractivity contribution in [3.8, 4) is 0 Å². The van der Waals surface area contributed by atoms with E-state index >= 15 is 0 Å². The monoisotopic (exact) mass is 931 g/mol. The fourth-order valence-corrected chi connectivity index (χ4v) is 124. The molecule has 0 saturated heterocycles. The van der Waals surface area contributed by atoms with Crippen molar-refractivity contribution in [3.05, 3.63) is 0 Å². The van der Waals surface area contributed by atoms with Gasteiger partial charge < -0.3 is 0 Å². The maximum absolute atomic E-state index is 2.95. The lowest BCUT2D eigenvalue weighted by Crippen LogP contribution is -2.60. The van der Waals surface area contributed by atoms with E-state index in [1.165, 1.54) is 12.8 Å². The SMILES string of the molecule is CCC[Si](I)(CCC)[Si](I)(I)[Si](I)(I)I. The lowest BCUT2D eigenvalue weighted by molar-refractivity contribution is 1.02. The van der Waals surface area contributed by atoms with Gasteiger partial charge >= 0.3 is 0 Å². The van der Waals surface area contributed by atoms with Crippen molar-refractivity contribution in [1.82, 2.24) is 0 Å². The molecular weight excluding hydrogens is 918 g/mol. The highest BCUT2D eigenvalue weighted by atomic mass is 127. The first-order valence-electron chi connectivity index (χ1n) is 4.76. The Morgan fingerprint density at radius 2 is 1.07 bits per heavy atom. The molecule has 0 saturated carbocycles. The van der Waals surface area contributed by atoms with Crippen LogP contribution in [0.3, 0.4) is 0 Å². The van der Waals surface area contributed by atoms with Gasteiger partial charge in [-0.15, -0.1) is 65.4 Å². The molecule has 9 heteroatoms. The second kappa shape index (κ2) is 8.47. The number of rotatable bonds is 6. The lowest BCUT2D eigenvalue weighted by Gasteiger charge is -2.39. The Kier molecular flexibility index (Phi) is 11.3. The van der Waals surface area contributed by atoms with Gasteiger partial charge in [-0.25, -0.2) is 0 Å². The summed E-state index contributed by atoms with van der Waals surface area (Å²) in [5.74, 6) is 0. The van der Waals surface area contributed by atoms with E-state index in [0.29, 0.717) is 0 Å². The molecule has 0 amide bonds. The third kappa shape index (κ3) is 5.73. The zero-order chi connectivity index (χ0) is 12.3. The summed E-state index contributed by atoms with van der Waals surface area (Å²) < 4.78 is -2.05. The van der Waals surface area contributed by atoms with Gasteiger partial charge in [0.1, 0.15) is 5.09 Å². The van der Waals surface area contributed by atoms with Crippen molar-refractivity contribution < 1.29 is 0 Å². The third-order valence-electron chi connectivity index (χ3n) is 2.21. The van der Waals surface area contributed by atoms with E-state index in [2.05, 4.69) is 145 Å². The van der Waals surface area contributed by atoms with Crippen LogP contribution in [0.2, 0.25) is 12.1 Å². The van der Waals surface area contributed by atoms with E-state index in [1.807, 2.05) is 0 Å². The van der Waals surface area contributed by atoms with Gasteiger partial charge in [-0.1, -0.05) is 92.1 Å². The molecule has 0 aromatic carbocycles. The van der Waals surface area contributed by atoms with Crippen LogP contribution in [0.4, 0.5) is 0 Å². The van der Waals surface area contributed by atoms with Gasteiger partial charge in [0, 0.05) is 0 Å². The standard InChI is InChI=1S/C6H14I6Si3/c1-3-5-13(7,6-4-2)15(11,12)14(8,9)10/h3-6H2,1-2H3. The number of hydrogen-bond donors (Lipinski definition) is 0. The van der Waals surface area contributed by atoms with E-state index in [-0.39, 0.29) is 0 Å². The Morgan fingerprint density at radius 3 is 1.27 bits per heavy atom. The third-order valence-corrected chi connectivity index (χ3v) is 179. The molecule has 0 aliphatic heterocycles. The lowest BCUT2D eigenvalue weighted by atomic mass is 10.6. The highest BCUT2D eigenvalue weighted by Crippen LogP contribution is 2.55. The van der Waals surface area contributed by atoms with Crippen LogP contribution in [0.15, 0.2) is 0 Å². The van der Waals surface area contributed by atoms with Crippen molar-refractivity contribution >= 4 is 138 Å². The second-order valence-electron chi connectivity index (χ2n) is 3.54. The van der Waals surface area contributed by atoms with Crippen LogP contribution in [-0.2, 0) is 0 Å². The summed E-state index contributed by atoms with van der Waals surface area (Å²) in [5.41, 5.74) is 0. The largest absolute Gasteiger partial charge is 0.262 e. The molecule has 0 radical (unpaired) electrons. The highest BCUT2D eigenvalue weighted by molar-refractivity contribution is 14.4. The van der Waals surface area contributed by atoms with Gasteiger partial charge in [0.2, 0.25) is 2.10 Å². The number of halogens is 6. The zero-order valence-corrected chi connectivity index (χ0v) is 24.5. The van der Waals surface area contributed by atoms with Crippen LogP contribution in [0, 0.1) is 0 Å². The summed E-state index contributed by atoms with van der Waals surface area (Å²) in [4.78, 5) is 0. The Bertz CT molecular complexity index is 198. The molecule has 0 fully saturated rings. The van der Waals surface area contributed by atoms with Crippen LogP contribution in [0.25, 0.3) is 0 Å². The quantitative estimate of drug-likeness (QED) is 0.155. The first kappa shape index (κ1) is 20.0. The molecule has 0 unspecified atom stereocenters. The molecule has 0 atom stereocenters. The molecule has 0 spiro atoms. The molecular formula is C6H14I6Si3. The van der Waals surface area contributed by atoms with Crippen molar-refractivity contribution in [3.63, 3.8) is 0 Å². The van der Waals surface area contributed by atoms with Crippen LogP contribution >= 0.6 is 131 Å². The molecule has 0 aromatic rings. The second-order valence-corrected chi connectivity index (χ2v) is 99.4. The van der Waals surface area contributed by atoms with Crippen molar-refractivity contribution in [2.45, 2.75) is 38.8 Å². The molecule has 0 heterocycles. The first-order chi connectivity index (χ1) is 6.62. The van der Waals surface area contributed by atoms with E-state index in [4.69, 9.17) is 0 Å². The zero-order valence-electron chi connectivity index (χ0n) is 8.60. The van der Waals surface area contributed by atoms with Crippen LogP contribution in [-0.4, -0.2) is 7.27 Å². The van der Waals surface area contributed by atoms with Gasteiger partial charge in [0.15, 0.2) is 0 Å². The Hall–Kier alpha value is 5.03. The van der Waals surface area contributed by atoms with E-state index in [9.17, 15) is 0 Å². The Morgan fingerprint density at radius 1 is 0.733 bits per heavy atom. The summed E-state index contributed by atoms with van der Waals surface area (Å²) in [5, 5.41) is -0.991. The molecule has 0 aliphatic rings. The van der Waals surface area contributed by atoms with Gasteiger partial charge in [-0.05, 0) is 12.1 Å². The van der Waals surface area contributed by atoms with E-state index in [1.54, 1.807) is 12.1 Å². The van der Waals surface area contributed by atoms with Crippen LogP contribution in [0.5, 0.6) is 0 Å². The fourth-order valence-electron chi connectivity index (χ4n) is 1.49. The Labute approximate surface area is 172 Å². The van der Waals surface area contributed by atoms with Gasteiger partial charge in [-0.3, -0.25) is 0 Å². The molecule has 92 valence electrons. The van der Waals surface area contributed by atoms with Gasteiger partial charge in [-0.2, -0.15) is 0 Å². The van der Waals surface area contributed by atoms with E-state index < -0.39 is 7.27 Å². The molecule has 0 bridgehead atoms. The summed E-state index contributed by atoms with van der Waals surface area (Å²) in [7, 11) is 0. The summed E-state index contributed by atoms with van der Waals surface area (Å²) in [6, 6.07) is 3.09. The summed E-state index contributed by atoms with van der Waals surface area (Å²) >= 11 is 17.2. The van der Waals surface area contributed by atoms with Crippen LogP contribution in [0.1, 0.15) is 26.7 Å². The normalized spacial score (nSPS) is 14.4. The van der Waals surface area contributed by atoms with Crippen molar-refractivity contribution in [2.24, 2.45) is 0 Å². The van der Waals surface area contributed by atoms with Crippen molar-refractivity contribution in [1.29, 1.82) is 0 Å². The average Bonchev–Trinajstić information content (AvgIpc) is 2.02. The highest BCUT2D eigenvalue weighted by Gasteiger charge is 2.61. The van der Waals surface area contributed by atoms with Gasteiger partial charge in [0.05, 0.1) is 0 Å². The summed E-state index contributed by atoms with van der Waals surface area (Å²) in [6.07, 6.45) is 2.79. The Balaban J connectivity index is 5.05. The first-order valence-corrected chi connectivity index (χ1v) is 31.9. The minimum absolute atomic E-state index is 0.991. The molecule has 0 aliphatic carbocycles. The smallest absolute Gasteiger partial charge is 0.120 e. The molecule has 0 N–H and O–H groups in total. The average molecular weight is 932 g/mol. The molecule has 0 rings (SSSR count). The van der Waals surface area contributed by atoms with E-state index in [0.717, 1.165) is 0 Å². The minimum Gasteiger partial charge on any atom is -0.120 e. The number of hydrogen-bond acceptors (Lipinski definition) is 0. The molecule has 0 aromatic heterocycles. The van der Waals surface area contributed by atoms with Gasteiger partial charge in [0.25, 0.3) is 0.0813 Å². The fraction of sp³-hybridized carbons (Fsp3) is 1.00. The topological polar surface area (TPSA) is 0 Å². The summed E-state index contributed by atoms with van der Waals surface area (Å²) in [6.45, 7) is 4.73. The predicted molar refractivity (Wildman–Crippen MR) is 132 cm³/mol. The van der Waals surface area contributed by atoms with Crippen molar-refractivity contribution in [2.75, 3.05) is 0 Å².